The van der Waals surface area contributed by atoms with E-state index in [1.165, 1.54) is 0 Å². The number of hydrogen-bond acceptors (Lipinski definition) is 4. The van der Waals surface area contributed by atoms with Gasteiger partial charge in [-0.3, -0.25) is 9.59 Å². The molecule has 18 heavy (non-hydrogen) atoms. The van der Waals surface area contributed by atoms with Gasteiger partial charge in [-0.05, 0) is 19.9 Å². The van der Waals surface area contributed by atoms with Crippen LogP contribution in [0.1, 0.15) is 25.3 Å². The molecule has 1 aliphatic heterocycles. The van der Waals surface area contributed by atoms with Crippen LogP contribution in [0.3, 0.4) is 0 Å². The SMILES string of the molecule is CCN(CC)c1cccc2c1OC(=O)C2C(=O)O. The molecule has 0 saturated carbocycles. The minimum Gasteiger partial charge on any atom is -0.480 e. The molecular formula is C13H15NO4. The van der Waals surface area contributed by atoms with Crippen molar-refractivity contribution < 1.29 is 19.4 Å². The Kier molecular flexibility index (Phi) is 3.23. The van der Waals surface area contributed by atoms with Gasteiger partial charge in [0.15, 0.2) is 11.7 Å². The Labute approximate surface area is 105 Å². The summed E-state index contributed by atoms with van der Waals surface area (Å²) in [5, 5.41) is 9.06. The summed E-state index contributed by atoms with van der Waals surface area (Å²) < 4.78 is 5.14. The van der Waals surface area contributed by atoms with Gasteiger partial charge in [0.05, 0.1) is 5.69 Å². The van der Waals surface area contributed by atoms with Gasteiger partial charge in [0.1, 0.15) is 0 Å². The van der Waals surface area contributed by atoms with Gasteiger partial charge in [-0.2, -0.15) is 0 Å². The van der Waals surface area contributed by atoms with Gasteiger partial charge < -0.3 is 14.7 Å². The average molecular weight is 249 g/mol. The minimum absolute atomic E-state index is 0.388. The first-order valence-electron chi connectivity index (χ1n) is 5.92. The summed E-state index contributed by atoms with van der Waals surface area (Å²) >= 11 is 0. The number of fused-ring (bicyclic) bond motifs is 1. The molecule has 2 rings (SSSR count). The van der Waals surface area contributed by atoms with Crippen molar-refractivity contribution in [2.75, 3.05) is 18.0 Å². The van der Waals surface area contributed by atoms with E-state index in [1.54, 1.807) is 12.1 Å². The van der Waals surface area contributed by atoms with Gasteiger partial charge >= 0.3 is 11.9 Å². The summed E-state index contributed by atoms with van der Waals surface area (Å²) in [5.74, 6) is -2.69. The molecule has 0 saturated heterocycles. The lowest BCUT2D eigenvalue weighted by atomic mass is 10.00. The smallest absolute Gasteiger partial charge is 0.330 e. The molecular weight excluding hydrogens is 234 g/mol. The molecule has 1 unspecified atom stereocenters. The standard InChI is InChI=1S/C13H15NO4/c1-3-14(4-2)9-7-5-6-8-10(12(15)16)13(17)18-11(8)9/h5-7,10H,3-4H2,1-2H3,(H,15,16). The normalized spacial score (nSPS) is 17.2. The lowest BCUT2D eigenvalue weighted by Gasteiger charge is -2.22. The molecule has 1 N–H and O–H groups in total. The Balaban J connectivity index is 2.51. The van der Waals surface area contributed by atoms with Crippen LogP contribution in [-0.4, -0.2) is 30.1 Å². The molecule has 0 bridgehead atoms. The van der Waals surface area contributed by atoms with Gasteiger partial charge in [-0.25, -0.2) is 0 Å². The largest absolute Gasteiger partial charge is 0.480 e. The first kappa shape index (κ1) is 12.4. The van der Waals surface area contributed by atoms with E-state index in [2.05, 4.69) is 0 Å². The predicted octanol–water partition coefficient (Wildman–Crippen LogP) is 1.62. The Bertz CT molecular complexity index is 494. The van der Waals surface area contributed by atoms with E-state index in [0.29, 0.717) is 11.3 Å². The van der Waals surface area contributed by atoms with Crippen molar-refractivity contribution in [1.82, 2.24) is 0 Å². The Morgan fingerprint density at radius 3 is 2.61 bits per heavy atom. The Hall–Kier alpha value is -2.04. The fourth-order valence-electron chi connectivity index (χ4n) is 2.21. The molecule has 1 aromatic rings. The number of carboxylic acid groups (broad SMARTS) is 1. The quantitative estimate of drug-likeness (QED) is 0.499. The fraction of sp³-hybridized carbons (Fsp3) is 0.385. The number of carbonyl (C=O) groups excluding carboxylic acids is 1. The minimum atomic E-state index is -1.20. The number of hydrogen-bond donors (Lipinski definition) is 1. The second-order valence-corrected chi connectivity index (χ2v) is 4.06. The molecule has 1 aromatic carbocycles. The second-order valence-electron chi connectivity index (χ2n) is 4.06. The lowest BCUT2D eigenvalue weighted by molar-refractivity contribution is -0.146. The molecule has 1 atom stereocenters. The maximum atomic E-state index is 11.6. The molecule has 0 spiro atoms. The van der Waals surface area contributed by atoms with Crippen LogP contribution >= 0.6 is 0 Å². The van der Waals surface area contributed by atoms with Crippen LogP contribution in [0.4, 0.5) is 5.69 Å². The van der Waals surface area contributed by atoms with Crippen LogP contribution < -0.4 is 9.64 Å². The monoisotopic (exact) mass is 249 g/mol. The first-order chi connectivity index (χ1) is 8.60. The summed E-state index contributed by atoms with van der Waals surface area (Å²) in [6.07, 6.45) is 0. The molecule has 96 valence electrons. The molecule has 0 fully saturated rings. The van der Waals surface area contributed by atoms with E-state index in [1.807, 2.05) is 24.8 Å². The Morgan fingerprint density at radius 2 is 2.06 bits per heavy atom. The van der Waals surface area contributed by atoms with Crippen molar-refractivity contribution in [3.63, 3.8) is 0 Å². The zero-order chi connectivity index (χ0) is 13.3. The molecule has 0 aliphatic carbocycles. The molecule has 0 amide bonds. The molecule has 0 radical (unpaired) electrons. The third-order valence-electron chi connectivity index (χ3n) is 3.13. The van der Waals surface area contributed by atoms with E-state index in [-0.39, 0.29) is 0 Å². The summed E-state index contributed by atoms with van der Waals surface area (Å²) in [7, 11) is 0. The highest BCUT2D eigenvalue weighted by molar-refractivity contribution is 6.05. The summed E-state index contributed by atoms with van der Waals surface area (Å²) in [6.45, 7) is 5.52. The van der Waals surface area contributed by atoms with Crippen molar-refractivity contribution in [1.29, 1.82) is 0 Å². The second kappa shape index (κ2) is 4.68. The maximum Gasteiger partial charge on any atom is 0.330 e. The number of benzene rings is 1. The summed E-state index contributed by atoms with van der Waals surface area (Å²) in [6, 6.07) is 5.22. The van der Waals surface area contributed by atoms with Crippen molar-refractivity contribution in [3.05, 3.63) is 23.8 Å². The Morgan fingerprint density at radius 1 is 1.39 bits per heavy atom. The highest BCUT2D eigenvalue weighted by Gasteiger charge is 2.40. The number of carboxylic acids is 1. The molecule has 0 aromatic heterocycles. The molecule has 1 aliphatic rings. The zero-order valence-corrected chi connectivity index (χ0v) is 10.3. The average Bonchev–Trinajstić information content (AvgIpc) is 2.67. The highest BCUT2D eigenvalue weighted by Crippen LogP contribution is 2.42. The fourth-order valence-corrected chi connectivity index (χ4v) is 2.21. The van der Waals surface area contributed by atoms with Crippen molar-refractivity contribution in [2.45, 2.75) is 19.8 Å². The van der Waals surface area contributed by atoms with Gasteiger partial charge in [-0.15, -0.1) is 0 Å². The van der Waals surface area contributed by atoms with E-state index >= 15 is 0 Å². The first-order valence-corrected chi connectivity index (χ1v) is 5.92. The van der Waals surface area contributed by atoms with Crippen LogP contribution in [0.25, 0.3) is 0 Å². The number of nitrogens with zero attached hydrogens (tertiary/aromatic N) is 1. The van der Waals surface area contributed by atoms with Crippen LogP contribution in [0.5, 0.6) is 5.75 Å². The van der Waals surface area contributed by atoms with E-state index in [0.717, 1.165) is 18.8 Å². The number of anilines is 1. The number of rotatable bonds is 4. The zero-order valence-electron chi connectivity index (χ0n) is 10.3. The number of carbonyl (C=O) groups is 2. The number of esters is 1. The van der Waals surface area contributed by atoms with Crippen LogP contribution in [0, 0.1) is 0 Å². The molecule has 5 heteroatoms. The third-order valence-corrected chi connectivity index (χ3v) is 3.13. The van der Waals surface area contributed by atoms with Crippen molar-refractivity contribution in [2.24, 2.45) is 0 Å². The summed E-state index contributed by atoms with van der Waals surface area (Å²) in [5.41, 5.74) is 1.21. The molecule has 1 heterocycles. The van der Waals surface area contributed by atoms with Gasteiger partial charge in [-0.1, -0.05) is 12.1 Å². The van der Waals surface area contributed by atoms with Crippen LogP contribution in [0.15, 0.2) is 18.2 Å². The third kappa shape index (κ3) is 1.81. The van der Waals surface area contributed by atoms with Gasteiger partial charge in [0.25, 0.3) is 0 Å². The van der Waals surface area contributed by atoms with Gasteiger partial charge in [0.2, 0.25) is 0 Å². The number of aliphatic carboxylic acids is 1. The summed E-state index contributed by atoms with van der Waals surface area (Å²) in [4.78, 5) is 24.7. The van der Waals surface area contributed by atoms with E-state index in [9.17, 15) is 9.59 Å². The maximum absolute atomic E-state index is 11.6. The van der Waals surface area contributed by atoms with Crippen molar-refractivity contribution in [3.8, 4) is 5.75 Å². The van der Waals surface area contributed by atoms with E-state index < -0.39 is 17.9 Å². The highest BCUT2D eigenvalue weighted by atomic mass is 16.5. The van der Waals surface area contributed by atoms with Gasteiger partial charge in [0, 0.05) is 18.7 Å². The molecule has 5 nitrogen and oxygen atoms in total. The van der Waals surface area contributed by atoms with Crippen LogP contribution in [-0.2, 0) is 9.59 Å². The predicted molar refractivity (Wildman–Crippen MR) is 66.0 cm³/mol. The number of para-hydroxylation sites is 1. The van der Waals surface area contributed by atoms with Crippen molar-refractivity contribution >= 4 is 17.6 Å². The van der Waals surface area contributed by atoms with Crippen LogP contribution in [0.2, 0.25) is 0 Å². The number of ether oxygens (including phenoxy) is 1. The lowest BCUT2D eigenvalue weighted by Crippen LogP contribution is -2.22. The topological polar surface area (TPSA) is 66.8 Å². The van der Waals surface area contributed by atoms with E-state index in [4.69, 9.17) is 9.84 Å².